The zero-order chi connectivity index (χ0) is 18.0. The molecule has 1 heterocycles. The Bertz CT molecular complexity index is 1010. The molecule has 0 unspecified atom stereocenters. The molecule has 0 fully saturated rings. The number of nitrogens with two attached hydrogens (primary N) is 1. The van der Waals surface area contributed by atoms with Crippen LogP contribution in [0.2, 0.25) is 0 Å². The number of carbonyl (C=O) groups is 1. The summed E-state index contributed by atoms with van der Waals surface area (Å²) in [5.74, 6) is 5.83. The number of hydrogen-bond donors (Lipinski definition) is 2. The third-order valence-corrected chi connectivity index (χ3v) is 3.75. The van der Waals surface area contributed by atoms with E-state index in [0.29, 0.717) is 22.4 Å². The monoisotopic (exact) mass is 331 g/mol. The quantitative estimate of drug-likeness (QED) is 0.708. The lowest BCUT2D eigenvalue weighted by Gasteiger charge is -2.03. The second kappa shape index (κ2) is 6.54. The van der Waals surface area contributed by atoms with Gasteiger partial charge in [-0.1, -0.05) is 23.5 Å². The van der Waals surface area contributed by atoms with E-state index < -0.39 is 5.91 Å². The van der Waals surface area contributed by atoms with E-state index in [1.165, 1.54) is 0 Å². The number of primary amides is 1. The largest absolute Gasteiger partial charge is 0.507 e. The van der Waals surface area contributed by atoms with Crippen molar-refractivity contribution in [1.29, 1.82) is 0 Å². The van der Waals surface area contributed by atoms with Crippen molar-refractivity contribution >= 4 is 5.91 Å². The first kappa shape index (κ1) is 16.3. The number of phenols is 1. The first-order chi connectivity index (χ1) is 11.9. The smallest absolute Gasteiger partial charge is 0.248 e. The molecule has 25 heavy (non-hydrogen) atoms. The van der Waals surface area contributed by atoms with E-state index >= 15 is 0 Å². The zero-order valence-corrected chi connectivity index (χ0v) is 13.9. The van der Waals surface area contributed by atoms with Crippen LogP contribution in [0.3, 0.4) is 0 Å². The lowest BCUT2D eigenvalue weighted by molar-refractivity contribution is 0.100. The van der Waals surface area contributed by atoms with Crippen LogP contribution in [-0.2, 0) is 7.05 Å². The number of rotatable bonds is 2. The Morgan fingerprint density at radius 1 is 1.16 bits per heavy atom. The summed E-state index contributed by atoms with van der Waals surface area (Å²) in [6.45, 7) is 1.96. The molecule has 5 nitrogen and oxygen atoms in total. The summed E-state index contributed by atoms with van der Waals surface area (Å²) in [5, 5.41) is 14.6. The van der Waals surface area contributed by atoms with Gasteiger partial charge in [0.15, 0.2) is 0 Å². The maximum absolute atomic E-state index is 11.1. The van der Waals surface area contributed by atoms with Crippen LogP contribution in [-0.4, -0.2) is 20.8 Å². The number of phenolic OH excluding ortho intramolecular Hbond substituents is 1. The van der Waals surface area contributed by atoms with Crippen LogP contribution in [0.4, 0.5) is 0 Å². The summed E-state index contributed by atoms with van der Waals surface area (Å²) in [6.07, 6.45) is 1.81. The molecular weight excluding hydrogens is 314 g/mol. The normalized spacial score (nSPS) is 10.2. The molecule has 0 saturated carbocycles. The first-order valence-corrected chi connectivity index (χ1v) is 7.69. The van der Waals surface area contributed by atoms with E-state index in [4.69, 9.17) is 5.73 Å². The average Bonchev–Trinajstić information content (AvgIpc) is 2.96. The van der Waals surface area contributed by atoms with Gasteiger partial charge in [-0.25, -0.2) is 0 Å². The van der Waals surface area contributed by atoms with Gasteiger partial charge in [0.25, 0.3) is 0 Å². The summed E-state index contributed by atoms with van der Waals surface area (Å²) in [4.78, 5) is 11.1. The maximum atomic E-state index is 11.1. The van der Waals surface area contributed by atoms with Crippen molar-refractivity contribution < 1.29 is 9.90 Å². The number of aromatic nitrogens is 2. The molecule has 0 aliphatic heterocycles. The molecule has 0 spiro atoms. The highest BCUT2D eigenvalue weighted by Crippen LogP contribution is 2.30. The minimum atomic E-state index is -0.469. The Hall–Kier alpha value is -3.52. The maximum Gasteiger partial charge on any atom is 0.248 e. The summed E-state index contributed by atoms with van der Waals surface area (Å²) in [5.41, 5.74) is 9.45. The van der Waals surface area contributed by atoms with E-state index in [0.717, 1.165) is 11.1 Å². The van der Waals surface area contributed by atoms with Crippen molar-refractivity contribution in [2.24, 2.45) is 12.8 Å². The third-order valence-electron chi connectivity index (χ3n) is 3.75. The Morgan fingerprint density at radius 2 is 1.88 bits per heavy atom. The molecular formula is C20H17N3O2. The number of amides is 1. The Balaban J connectivity index is 2.00. The van der Waals surface area contributed by atoms with Crippen LogP contribution < -0.4 is 5.73 Å². The number of hydrogen-bond acceptors (Lipinski definition) is 3. The van der Waals surface area contributed by atoms with Gasteiger partial charge in [0.1, 0.15) is 11.4 Å². The highest BCUT2D eigenvalue weighted by Gasteiger charge is 2.12. The number of aromatic hydroxyl groups is 1. The fourth-order valence-electron chi connectivity index (χ4n) is 2.48. The molecule has 0 aliphatic rings. The molecule has 124 valence electrons. The molecule has 0 saturated heterocycles. The Morgan fingerprint density at radius 3 is 2.56 bits per heavy atom. The highest BCUT2D eigenvalue weighted by atomic mass is 16.3. The van der Waals surface area contributed by atoms with Crippen molar-refractivity contribution in [2.45, 2.75) is 6.92 Å². The van der Waals surface area contributed by atoms with E-state index in [9.17, 15) is 9.90 Å². The van der Waals surface area contributed by atoms with Gasteiger partial charge in [-0.3, -0.25) is 9.48 Å². The molecule has 1 aromatic heterocycles. The summed E-state index contributed by atoms with van der Waals surface area (Å²) in [7, 11) is 1.81. The van der Waals surface area contributed by atoms with E-state index in [-0.39, 0.29) is 5.75 Å². The minimum absolute atomic E-state index is 0.165. The van der Waals surface area contributed by atoms with Crippen molar-refractivity contribution in [2.75, 3.05) is 0 Å². The van der Waals surface area contributed by atoms with E-state index in [1.807, 2.05) is 32.3 Å². The Labute approximate surface area is 145 Å². The summed E-state index contributed by atoms with van der Waals surface area (Å²) >= 11 is 0. The fraction of sp³-hybridized carbons (Fsp3) is 0.100. The molecule has 3 rings (SSSR count). The number of nitrogens with zero attached hydrogens (tertiary/aromatic N) is 2. The standard InChI is InChI=1S/C20H17N3O2/c1-13-3-10-18(24)17(11-13)19-16(12-23(2)22-19)9-6-14-4-7-15(8-5-14)20(21)25/h3-5,7-8,10-12,24H,1-2H3,(H2,21,25). The van der Waals surface area contributed by atoms with Gasteiger partial charge in [-0.15, -0.1) is 0 Å². The van der Waals surface area contributed by atoms with Crippen LogP contribution >= 0.6 is 0 Å². The summed E-state index contributed by atoms with van der Waals surface area (Å²) < 4.78 is 1.66. The molecule has 3 N–H and O–H groups in total. The van der Waals surface area contributed by atoms with Gasteiger partial charge in [0, 0.05) is 29.9 Å². The van der Waals surface area contributed by atoms with E-state index in [2.05, 4.69) is 16.9 Å². The van der Waals surface area contributed by atoms with Gasteiger partial charge < -0.3 is 10.8 Å². The second-order valence-corrected chi connectivity index (χ2v) is 5.78. The first-order valence-electron chi connectivity index (χ1n) is 7.69. The third kappa shape index (κ3) is 3.54. The van der Waals surface area contributed by atoms with Crippen LogP contribution in [0.1, 0.15) is 27.0 Å². The lowest BCUT2D eigenvalue weighted by atomic mass is 10.0. The van der Waals surface area contributed by atoms with E-state index in [1.54, 1.807) is 35.0 Å². The second-order valence-electron chi connectivity index (χ2n) is 5.78. The summed E-state index contributed by atoms with van der Waals surface area (Å²) in [6, 6.07) is 12.1. The van der Waals surface area contributed by atoms with Crippen LogP contribution in [0.25, 0.3) is 11.3 Å². The Kier molecular flexibility index (Phi) is 4.27. The highest BCUT2D eigenvalue weighted by molar-refractivity contribution is 5.92. The van der Waals surface area contributed by atoms with Gasteiger partial charge in [-0.05, 0) is 43.3 Å². The minimum Gasteiger partial charge on any atom is -0.507 e. The topological polar surface area (TPSA) is 81.1 Å². The number of carbonyl (C=O) groups excluding carboxylic acids is 1. The number of aryl methyl sites for hydroxylation is 2. The average molecular weight is 331 g/mol. The van der Waals surface area contributed by atoms with Gasteiger partial charge in [0.05, 0.1) is 5.56 Å². The van der Waals surface area contributed by atoms with Crippen molar-refractivity contribution in [3.8, 4) is 28.8 Å². The van der Waals surface area contributed by atoms with Crippen molar-refractivity contribution in [1.82, 2.24) is 9.78 Å². The molecule has 1 amide bonds. The molecule has 5 heteroatoms. The fourth-order valence-corrected chi connectivity index (χ4v) is 2.48. The molecule has 3 aromatic rings. The predicted octanol–water partition coefficient (Wildman–Crippen LogP) is 2.60. The van der Waals surface area contributed by atoms with Crippen molar-refractivity contribution in [3.05, 3.63) is 70.9 Å². The van der Waals surface area contributed by atoms with Crippen LogP contribution in [0.5, 0.6) is 5.75 Å². The predicted molar refractivity (Wildman–Crippen MR) is 96.0 cm³/mol. The molecule has 2 aromatic carbocycles. The lowest BCUT2D eigenvalue weighted by Crippen LogP contribution is -2.10. The molecule has 0 atom stereocenters. The van der Waals surface area contributed by atoms with Gasteiger partial charge in [-0.2, -0.15) is 5.10 Å². The molecule has 0 bridgehead atoms. The SMILES string of the molecule is Cc1ccc(O)c(-c2nn(C)cc2C#Cc2ccc(C(N)=O)cc2)c1. The zero-order valence-electron chi connectivity index (χ0n) is 13.9. The van der Waals surface area contributed by atoms with Gasteiger partial charge in [0.2, 0.25) is 5.91 Å². The molecule has 0 radical (unpaired) electrons. The molecule has 0 aliphatic carbocycles. The van der Waals surface area contributed by atoms with Crippen LogP contribution in [0.15, 0.2) is 48.7 Å². The number of benzene rings is 2. The van der Waals surface area contributed by atoms with Crippen LogP contribution in [0, 0.1) is 18.8 Å². The van der Waals surface area contributed by atoms with Crippen molar-refractivity contribution in [3.63, 3.8) is 0 Å². The van der Waals surface area contributed by atoms with Gasteiger partial charge >= 0.3 is 0 Å².